The van der Waals surface area contributed by atoms with Crippen LogP contribution in [0.1, 0.15) is 32.2 Å². The minimum absolute atomic E-state index is 0.0421. The van der Waals surface area contributed by atoms with Gasteiger partial charge in [-0.3, -0.25) is 0 Å². The summed E-state index contributed by atoms with van der Waals surface area (Å²) in [6.07, 6.45) is 1.70. The van der Waals surface area contributed by atoms with Crippen LogP contribution in [0.5, 0.6) is 0 Å². The van der Waals surface area contributed by atoms with Crippen LogP contribution in [-0.2, 0) is 12.8 Å². The Morgan fingerprint density at radius 3 is 2.41 bits per heavy atom. The number of rotatable bonds is 5. The van der Waals surface area contributed by atoms with E-state index in [0.717, 1.165) is 24.2 Å². The first-order chi connectivity index (χ1) is 8.12. The maximum absolute atomic E-state index is 8.78. The van der Waals surface area contributed by atoms with Gasteiger partial charge in [-0.05, 0) is 19.8 Å². The van der Waals surface area contributed by atoms with E-state index in [1.54, 1.807) is 0 Å². The van der Waals surface area contributed by atoms with Gasteiger partial charge in [0.05, 0.1) is 23.4 Å². The number of nitrogens with zero attached hydrogens (tertiary/aromatic N) is 5. The second kappa shape index (κ2) is 6.14. The van der Waals surface area contributed by atoms with E-state index in [9.17, 15) is 0 Å². The SMILES string of the molecule is CCc1nnc(N(C)CC(C)C#N)nc1CC. The van der Waals surface area contributed by atoms with Crippen molar-refractivity contribution in [2.75, 3.05) is 18.5 Å². The van der Waals surface area contributed by atoms with Gasteiger partial charge < -0.3 is 4.90 Å². The molecule has 0 N–H and O–H groups in total. The van der Waals surface area contributed by atoms with Crippen molar-refractivity contribution in [3.63, 3.8) is 0 Å². The lowest BCUT2D eigenvalue weighted by molar-refractivity contribution is 0.686. The van der Waals surface area contributed by atoms with Crippen molar-refractivity contribution in [2.24, 2.45) is 5.92 Å². The largest absolute Gasteiger partial charge is 0.341 e. The highest BCUT2D eigenvalue weighted by Gasteiger charge is 2.12. The van der Waals surface area contributed by atoms with E-state index in [-0.39, 0.29) is 5.92 Å². The normalized spacial score (nSPS) is 11.9. The third-order valence-corrected chi connectivity index (χ3v) is 2.61. The summed E-state index contributed by atoms with van der Waals surface area (Å²) in [5, 5.41) is 17.1. The van der Waals surface area contributed by atoms with Gasteiger partial charge in [0.2, 0.25) is 5.95 Å². The number of hydrogen-bond acceptors (Lipinski definition) is 5. The molecule has 0 fully saturated rings. The van der Waals surface area contributed by atoms with Gasteiger partial charge in [0.25, 0.3) is 0 Å². The summed E-state index contributed by atoms with van der Waals surface area (Å²) < 4.78 is 0. The van der Waals surface area contributed by atoms with Crippen LogP contribution in [0, 0.1) is 17.2 Å². The molecule has 1 aromatic heterocycles. The smallest absolute Gasteiger partial charge is 0.245 e. The Morgan fingerprint density at radius 2 is 1.88 bits per heavy atom. The van der Waals surface area contributed by atoms with E-state index in [1.807, 2.05) is 25.8 Å². The molecule has 17 heavy (non-hydrogen) atoms. The number of anilines is 1. The molecule has 0 saturated heterocycles. The van der Waals surface area contributed by atoms with E-state index in [2.05, 4.69) is 28.2 Å². The van der Waals surface area contributed by atoms with Crippen LogP contribution < -0.4 is 4.90 Å². The fourth-order valence-electron chi connectivity index (χ4n) is 1.62. The molecule has 5 heteroatoms. The van der Waals surface area contributed by atoms with Crippen LogP contribution in [0.25, 0.3) is 0 Å². The molecule has 92 valence electrons. The minimum Gasteiger partial charge on any atom is -0.341 e. The van der Waals surface area contributed by atoms with E-state index in [4.69, 9.17) is 5.26 Å². The standard InChI is InChI=1S/C12H19N5/c1-5-10-11(6-2)15-16-12(14-10)17(4)8-9(3)7-13/h9H,5-6,8H2,1-4H3. The maximum Gasteiger partial charge on any atom is 0.245 e. The maximum atomic E-state index is 8.78. The van der Waals surface area contributed by atoms with Crippen LogP contribution in [-0.4, -0.2) is 28.8 Å². The Kier molecular flexibility index (Phi) is 4.83. The molecule has 1 atom stereocenters. The van der Waals surface area contributed by atoms with Crippen molar-refractivity contribution < 1.29 is 0 Å². The molecule has 0 spiro atoms. The van der Waals surface area contributed by atoms with Crippen LogP contribution >= 0.6 is 0 Å². The molecule has 1 heterocycles. The lowest BCUT2D eigenvalue weighted by Gasteiger charge is -2.18. The van der Waals surface area contributed by atoms with E-state index in [1.165, 1.54) is 0 Å². The Balaban J connectivity index is 2.88. The molecule has 1 unspecified atom stereocenters. The molecule has 0 radical (unpaired) electrons. The second-order valence-corrected chi connectivity index (χ2v) is 4.12. The summed E-state index contributed by atoms with van der Waals surface area (Å²) in [5.41, 5.74) is 1.95. The summed E-state index contributed by atoms with van der Waals surface area (Å²) in [5.74, 6) is 0.556. The molecule has 1 rings (SSSR count). The summed E-state index contributed by atoms with van der Waals surface area (Å²) in [4.78, 5) is 6.37. The summed E-state index contributed by atoms with van der Waals surface area (Å²) >= 11 is 0. The van der Waals surface area contributed by atoms with Crippen molar-refractivity contribution in [3.05, 3.63) is 11.4 Å². The highest BCUT2D eigenvalue weighted by atomic mass is 15.3. The lowest BCUT2D eigenvalue weighted by Crippen LogP contribution is -2.26. The van der Waals surface area contributed by atoms with Crippen LogP contribution in [0.3, 0.4) is 0 Å². The first kappa shape index (κ1) is 13.4. The van der Waals surface area contributed by atoms with Gasteiger partial charge in [-0.1, -0.05) is 13.8 Å². The van der Waals surface area contributed by atoms with Crippen molar-refractivity contribution >= 4 is 5.95 Å². The van der Waals surface area contributed by atoms with Gasteiger partial charge in [-0.2, -0.15) is 10.4 Å². The number of aryl methyl sites for hydroxylation is 2. The molecular weight excluding hydrogens is 214 g/mol. The van der Waals surface area contributed by atoms with Gasteiger partial charge >= 0.3 is 0 Å². The van der Waals surface area contributed by atoms with Crippen LogP contribution in [0.4, 0.5) is 5.95 Å². The number of nitriles is 1. The molecule has 1 aromatic rings. The zero-order valence-corrected chi connectivity index (χ0v) is 10.9. The third kappa shape index (κ3) is 3.38. The van der Waals surface area contributed by atoms with E-state index >= 15 is 0 Å². The Hall–Kier alpha value is -1.70. The highest BCUT2D eigenvalue weighted by Crippen LogP contribution is 2.10. The third-order valence-electron chi connectivity index (χ3n) is 2.61. The minimum atomic E-state index is -0.0421. The first-order valence-corrected chi connectivity index (χ1v) is 5.95. The van der Waals surface area contributed by atoms with Crippen molar-refractivity contribution in [2.45, 2.75) is 33.6 Å². The van der Waals surface area contributed by atoms with Crippen molar-refractivity contribution in [3.8, 4) is 6.07 Å². The predicted octanol–water partition coefficient (Wildman–Crippen LogP) is 1.59. The van der Waals surface area contributed by atoms with Crippen LogP contribution in [0.2, 0.25) is 0 Å². The lowest BCUT2D eigenvalue weighted by atomic mass is 10.2. The van der Waals surface area contributed by atoms with Gasteiger partial charge in [0.15, 0.2) is 0 Å². The molecule has 0 bridgehead atoms. The fourth-order valence-corrected chi connectivity index (χ4v) is 1.62. The molecule has 0 aromatic carbocycles. The number of hydrogen-bond donors (Lipinski definition) is 0. The molecular formula is C12H19N5. The van der Waals surface area contributed by atoms with Gasteiger partial charge in [0.1, 0.15) is 0 Å². The predicted molar refractivity (Wildman–Crippen MR) is 66.6 cm³/mol. The Labute approximate surface area is 102 Å². The topological polar surface area (TPSA) is 65.7 Å². The zero-order chi connectivity index (χ0) is 12.8. The Morgan fingerprint density at radius 1 is 1.24 bits per heavy atom. The van der Waals surface area contributed by atoms with E-state index < -0.39 is 0 Å². The highest BCUT2D eigenvalue weighted by molar-refractivity contribution is 5.29. The number of aromatic nitrogens is 3. The van der Waals surface area contributed by atoms with Crippen molar-refractivity contribution in [1.29, 1.82) is 5.26 Å². The second-order valence-electron chi connectivity index (χ2n) is 4.12. The summed E-state index contributed by atoms with van der Waals surface area (Å²) in [6, 6.07) is 2.20. The monoisotopic (exact) mass is 233 g/mol. The summed E-state index contributed by atoms with van der Waals surface area (Å²) in [6.45, 7) is 6.61. The van der Waals surface area contributed by atoms with Crippen molar-refractivity contribution in [1.82, 2.24) is 15.2 Å². The molecule has 0 aliphatic carbocycles. The quantitative estimate of drug-likeness (QED) is 0.772. The first-order valence-electron chi connectivity index (χ1n) is 5.95. The Bertz CT molecular complexity index is 410. The van der Waals surface area contributed by atoms with Gasteiger partial charge in [-0.25, -0.2) is 4.98 Å². The average molecular weight is 233 g/mol. The van der Waals surface area contributed by atoms with Gasteiger partial charge in [0, 0.05) is 13.6 Å². The zero-order valence-electron chi connectivity index (χ0n) is 10.9. The van der Waals surface area contributed by atoms with Gasteiger partial charge in [-0.15, -0.1) is 5.10 Å². The fraction of sp³-hybridized carbons (Fsp3) is 0.667. The molecule has 5 nitrogen and oxygen atoms in total. The molecule has 0 saturated carbocycles. The summed E-state index contributed by atoms with van der Waals surface area (Å²) in [7, 11) is 1.88. The molecule has 0 amide bonds. The van der Waals surface area contributed by atoms with Crippen LogP contribution in [0.15, 0.2) is 0 Å². The molecule has 0 aliphatic heterocycles. The average Bonchev–Trinajstić information content (AvgIpc) is 2.37. The molecule has 0 aliphatic rings. The van der Waals surface area contributed by atoms with E-state index in [0.29, 0.717) is 12.5 Å².